The lowest BCUT2D eigenvalue weighted by Crippen LogP contribution is -2.36. The number of allylic oxidation sites excluding steroid dienone is 1. The summed E-state index contributed by atoms with van der Waals surface area (Å²) in [4.78, 5) is 13.7. The molecule has 1 aliphatic rings. The summed E-state index contributed by atoms with van der Waals surface area (Å²) in [6.45, 7) is 7.02. The normalized spacial score (nSPS) is 18.6. The molecule has 1 heterocycles. The van der Waals surface area contributed by atoms with Crippen molar-refractivity contribution in [2.75, 3.05) is 26.7 Å². The zero-order chi connectivity index (χ0) is 11.3. The third-order valence-corrected chi connectivity index (χ3v) is 2.82. The highest BCUT2D eigenvalue weighted by Gasteiger charge is 2.16. The Kier molecular flexibility index (Phi) is 4.82. The van der Waals surface area contributed by atoms with Gasteiger partial charge in [-0.25, -0.2) is 0 Å². The standard InChI is InChI=1S/C12H22N2O/c1-10(2)8-12(15)13-9-11-4-6-14(3)7-5-11/h8,11H,4-7,9H2,1-3H3,(H,13,15). The second-order valence-corrected chi connectivity index (χ2v) is 4.71. The van der Waals surface area contributed by atoms with E-state index in [1.54, 1.807) is 6.08 Å². The van der Waals surface area contributed by atoms with E-state index in [-0.39, 0.29) is 5.91 Å². The minimum atomic E-state index is 0.0499. The molecule has 86 valence electrons. The van der Waals surface area contributed by atoms with Crippen molar-refractivity contribution in [1.82, 2.24) is 10.2 Å². The predicted molar refractivity (Wildman–Crippen MR) is 62.7 cm³/mol. The molecule has 0 aromatic carbocycles. The number of hydrogen-bond donors (Lipinski definition) is 1. The van der Waals surface area contributed by atoms with Crippen LogP contribution in [0.3, 0.4) is 0 Å². The largest absolute Gasteiger partial charge is 0.352 e. The van der Waals surface area contributed by atoms with E-state index in [9.17, 15) is 4.79 Å². The topological polar surface area (TPSA) is 32.3 Å². The molecule has 0 radical (unpaired) electrons. The van der Waals surface area contributed by atoms with E-state index in [1.807, 2.05) is 13.8 Å². The molecule has 1 saturated heterocycles. The quantitative estimate of drug-likeness (QED) is 0.714. The molecule has 0 aliphatic carbocycles. The average Bonchev–Trinajstić information content (AvgIpc) is 2.16. The van der Waals surface area contributed by atoms with Crippen LogP contribution in [0.25, 0.3) is 0 Å². The molecule has 1 N–H and O–H groups in total. The maximum absolute atomic E-state index is 11.4. The molecular weight excluding hydrogens is 188 g/mol. The summed E-state index contributed by atoms with van der Waals surface area (Å²) in [5.74, 6) is 0.713. The molecule has 3 nitrogen and oxygen atoms in total. The molecule has 0 aromatic heterocycles. The molecule has 0 atom stereocenters. The SMILES string of the molecule is CC(C)=CC(=O)NCC1CCN(C)CC1. The molecule has 0 bridgehead atoms. The van der Waals surface area contributed by atoms with Crippen molar-refractivity contribution >= 4 is 5.91 Å². The monoisotopic (exact) mass is 210 g/mol. The third kappa shape index (κ3) is 4.98. The van der Waals surface area contributed by atoms with Gasteiger partial charge in [0, 0.05) is 12.6 Å². The maximum atomic E-state index is 11.4. The van der Waals surface area contributed by atoms with Crippen molar-refractivity contribution in [2.24, 2.45) is 5.92 Å². The van der Waals surface area contributed by atoms with Crippen LogP contribution in [0.15, 0.2) is 11.6 Å². The Hall–Kier alpha value is -0.830. The number of likely N-dealkylation sites (tertiary alicyclic amines) is 1. The van der Waals surface area contributed by atoms with E-state index in [2.05, 4.69) is 17.3 Å². The fraction of sp³-hybridized carbons (Fsp3) is 0.750. The second kappa shape index (κ2) is 5.91. The van der Waals surface area contributed by atoms with E-state index in [0.717, 1.165) is 25.2 Å². The molecule has 0 aromatic rings. The third-order valence-electron chi connectivity index (χ3n) is 2.82. The van der Waals surface area contributed by atoms with Gasteiger partial charge in [0.15, 0.2) is 0 Å². The first-order valence-corrected chi connectivity index (χ1v) is 5.69. The molecule has 1 fully saturated rings. The smallest absolute Gasteiger partial charge is 0.243 e. The van der Waals surface area contributed by atoms with Crippen molar-refractivity contribution in [3.05, 3.63) is 11.6 Å². The average molecular weight is 210 g/mol. The Bertz CT molecular complexity index is 236. The van der Waals surface area contributed by atoms with Crippen LogP contribution < -0.4 is 5.32 Å². The fourth-order valence-electron chi connectivity index (χ4n) is 1.82. The van der Waals surface area contributed by atoms with Crippen molar-refractivity contribution in [3.63, 3.8) is 0 Å². The summed E-state index contributed by atoms with van der Waals surface area (Å²) in [7, 11) is 2.15. The van der Waals surface area contributed by atoms with Crippen LogP contribution in [0, 0.1) is 5.92 Å². The Labute approximate surface area is 92.5 Å². The lowest BCUT2D eigenvalue weighted by atomic mass is 9.97. The van der Waals surface area contributed by atoms with Crippen LogP contribution in [0.1, 0.15) is 26.7 Å². The Morgan fingerprint density at radius 1 is 1.40 bits per heavy atom. The number of rotatable bonds is 3. The number of carbonyl (C=O) groups is 1. The Balaban J connectivity index is 2.20. The summed E-state index contributed by atoms with van der Waals surface area (Å²) in [5, 5.41) is 2.96. The summed E-state index contributed by atoms with van der Waals surface area (Å²) in [6, 6.07) is 0. The van der Waals surface area contributed by atoms with Gasteiger partial charge in [-0.2, -0.15) is 0 Å². The van der Waals surface area contributed by atoms with Crippen molar-refractivity contribution in [2.45, 2.75) is 26.7 Å². The maximum Gasteiger partial charge on any atom is 0.243 e. The van der Waals surface area contributed by atoms with Crippen molar-refractivity contribution in [3.8, 4) is 0 Å². The number of nitrogens with one attached hydrogen (secondary N) is 1. The number of nitrogens with zero attached hydrogens (tertiary/aromatic N) is 1. The molecule has 1 aliphatic heterocycles. The van der Waals surface area contributed by atoms with Crippen LogP contribution in [-0.4, -0.2) is 37.5 Å². The van der Waals surface area contributed by atoms with Crippen LogP contribution in [0.4, 0.5) is 0 Å². The lowest BCUT2D eigenvalue weighted by Gasteiger charge is -2.28. The van der Waals surface area contributed by atoms with Crippen LogP contribution in [0.5, 0.6) is 0 Å². The number of carbonyl (C=O) groups excluding carboxylic acids is 1. The Morgan fingerprint density at radius 3 is 2.53 bits per heavy atom. The molecule has 3 heteroatoms. The van der Waals surface area contributed by atoms with E-state index in [1.165, 1.54) is 12.8 Å². The minimum Gasteiger partial charge on any atom is -0.352 e. The van der Waals surface area contributed by atoms with Crippen molar-refractivity contribution in [1.29, 1.82) is 0 Å². The zero-order valence-electron chi connectivity index (χ0n) is 10.0. The summed E-state index contributed by atoms with van der Waals surface area (Å²) in [5.41, 5.74) is 1.05. The van der Waals surface area contributed by atoms with Crippen molar-refractivity contribution < 1.29 is 4.79 Å². The predicted octanol–water partition coefficient (Wildman–Crippen LogP) is 1.41. The van der Waals surface area contributed by atoms with Crippen LogP contribution >= 0.6 is 0 Å². The highest BCUT2D eigenvalue weighted by molar-refractivity contribution is 5.87. The molecule has 0 spiro atoms. The van der Waals surface area contributed by atoms with Gasteiger partial charge in [-0.15, -0.1) is 0 Å². The van der Waals surface area contributed by atoms with Gasteiger partial charge in [0.25, 0.3) is 0 Å². The van der Waals surface area contributed by atoms with Gasteiger partial charge in [-0.3, -0.25) is 4.79 Å². The zero-order valence-corrected chi connectivity index (χ0v) is 10.0. The summed E-state index contributed by atoms with van der Waals surface area (Å²) < 4.78 is 0. The first-order chi connectivity index (χ1) is 7.08. The van der Waals surface area contributed by atoms with Crippen LogP contribution in [-0.2, 0) is 4.79 Å². The summed E-state index contributed by atoms with van der Waals surface area (Å²) >= 11 is 0. The number of hydrogen-bond acceptors (Lipinski definition) is 2. The van der Waals surface area contributed by atoms with E-state index >= 15 is 0 Å². The first-order valence-electron chi connectivity index (χ1n) is 5.69. The first kappa shape index (κ1) is 12.2. The molecule has 1 amide bonds. The highest BCUT2D eigenvalue weighted by Crippen LogP contribution is 2.14. The van der Waals surface area contributed by atoms with Gasteiger partial charge < -0.3 is 10.2 Å². The Morgan fingerprint density at radius 2 is 2.00 bits per heavy atom. The molecule has 0 saturated carbocycles. The van der Waals surface area contributed by atoms with Gasteiger partial charge in [0.2, 0.25) is 5.91 Å². The van der Waals surface area contributed by atoms with Gasteiger partial charge in [0.1, 0.15) is 0 Å². The number of amides is 1. The molecule has 1 rings (SSSR count). The highest BCUT2D eigenvalue weighted by atomic mass is 16.1. The molecular formula is C12H22N2O. The van der Waals surface area contributed by atoms with Gasteiger partial charge in [-0.05, 0) is 52.7 Å². The second-order valence-electron chi connectivity index (χ2n) is 4.71. The molecule has 15 heavy (non-hydrogen) atoms. The summed E-state index contributed by atoms with van der Waals surface area (Å²) in [6.07, 6.45) is 4.06. The van der Waals surface area contributed by atoms with Gasteiger partial charge in [0.05, 0.1) is 0 Å². The fourth-order valence-corrected chi connectivity index (χ4v) is 1.82. The minimum absolute atomic E-state index is 0.0499. The molecule has 0 unspecified atom stereocenters. The van der Waals surface area contributed by atoms with Gasteiger partial charge in [-0.1, -0.05) is 5.57 Å². The van der Waals surface area contributed by atoms with E-state index in [0.29, 0.717) is 5.92 Å². The van der Waals surface area contributed by atoms with Gasteiger partial charge >= 0.3 is 0 Å². The van der Waals surface area contributed by atoms with E-state index < -0.39 is 0 Å². The van der Waals surface area contributed by atoms with Crippen LogP contribution in [0.2, 0.25) is 0 Å². The number of piperidine rings is 1. The van der Waals surface area contributed by atoms with E-state index in [4.69, 9.17) is 0 Å². The lowest BCUT2D eigenvalue weighted by molar-refractivity contribution is -0.116.